The molecule has 90 valence electrons. The molecule has 0 unspecified atom stereocenters. The second-order valence-corrected chi connectivity index (χ2v) is 4.75. The SMILES string of the molecule is COC(=O)/C=C1\CC[C@@H]1[C@H]1COC(C)(C)O1. The van der Waals surface area contributed by atoms with E-state index in [1.54, 1.807) is 6.08 Å². The van der Waals surface area contributed by atoms with E-state index in [0.29, 0.717) is 12.5 Å². The summed E-state index contributed by atoms with van der Waals surface area (Å²) in [6, 6.07) is 0. The van der Waals surface area contributed by atoms with E-state index in [2.05, 4.69) is 4.74 Å². The van der Waals surface area contributed by atoms with Gasteiger partial charge in [0.25, 0.3) is 0 Å². The van der Waals surface area contributed by atoms with Gasteiger partial charge in [0.05, 0.1) is 19.8 Å². The summed E-state index contributed by atoms with van der Waals surface area (Å²) in [6.45, 7) is 4.43. The Kier molecular flexibility index (Phi) is 3.04. The summed E-state index contributed by atoms with van der Waals surface area (Å²) in [4.78, 5) is 11.1. The largest absolute Gasteiger partial charge is 0.466 e. The number of rotatable bonds is 2. The molecule has 16 heavy (non-hydrogen) atoms. The van der Waals surface area contributed by atoms with Crippen LogP contribution in [0.15, 0.2) is 11.6 Å². The molecule has 0 aromatic rings. The van der Waals surface area contributed by atoms with E-state index < -0.39 is 5.79 Å². The molecule has 0 spiro atoms. The molecule has 4 nitrogen and oxygen atoms in total. The van der Waals surface area contributed by atoms with Gasteiger partial charge in [-0.2, -0.15) is 0 Å². The van der Waals surface area contributed by atoms with Crippen LogP contribution in [0, 0.1) is 5.92 Å². The Morgan fingerprint density at radius 3 is 2.75 bits per heavy atom. The predicted octanol–water partition coefficient (Wildman–Crippen LogP) is 1.65. The van der Waals surface area contributed by atoms with Gasteiger partial charge in [0, 0.05) is 12.0 Å². The van der Waals surface area contributed by atoms with Gasteiger partial charge in [-0.1, -0.05) is 5.57 Å². The van der Waals surface area contributed by atoms with E-state index in [1.807, 2.05) is 13.8 Å². The molecule has 0 N–H and O–H groups in total. The van der Waals surface area contributed by atoms with E-state index in [-0.39, 0.29) is 12.1 Å². The van der Waals surface area contributed by atoms with Crippen LogP contribution >= 0.6 is 0 Å². The minimum atomic E-state index is -0.489. The normalized spacial score (nSPS) is 34.8. The molecular weight excluding hydrogens is 208 g/mol. The van der Waals surface area contributed by atoms with Crippen molar-refractivity contribution < 1.29 is 19.0 Å². The van der Waals surface area contributed by atoms with Gasteiger partial charge >= 0.3 is 5.97 Å². The minimum absolute atomic E-state index is 0.0830. The second-order valence-electron chi connectivity index (χ2n) is 4.75. The van der Waals surface area contributed by atoms with Crippen molar-refractivity contribution in [2.75, 3.05) is 13.7 Å². The lowest BCUT2D eigenvalue weighted by Gasteiger charge is -2.34. The fourth-order valence-corrected chi connectivity index (χ4v) is 2.21. The van der Waals surface area contributed by atoms with Gasteiger partial charge < -0.3 is 14.2 Å². The third kappa shape index (κ3) is 2.28. The molecule has 1 saturated carbocycles. The molecular formula is C12H18O4. The molecule has 2 rings (SSSR count). The number of esters is 1. The van der Waals surface area contributed by atoms with Crippen molar-refractivity contribution in [2.24, 2.45) is 5.92 Å². The Morgan fingerprint density at radius 2 is 2.31 bits per heavy atom. The molecule has 2 atom stereocenters. The number of carbonyl (C=O) groups is 1. The van der Waals surface area contributed by atoms with Crippen LogP contribution in [-0.2, 0) is 19.0 Å². The summed E-state index contributed by atoms with van der Waals surface area (Å²) >= 11 is 0. The molecule has 0 aromatic carbocycles. The van der Waals surface area contributed by atoms with E-state index in [1.165, 1.54) is 7.11 Å². The van der Waals surface area contributed by atoms with Gasteiger partial charge in [0.1, 0.15) is 0 Å². The fraction of sp³-hybridized carbons (Fsp3) is 0.750. The molecule has 0 radical (unpaired) electrons. The third-order valence-corrected chi connectivity index (χ3v) is 3.20. The van der Waals surface area contributed by atoms with Crippen molar-refractivity contribution in [1.82, 2.24) is 0 Å². The van der Waals surface area contributed by atoms with Crippen LogP contribution in [0.5, 0.6) is 0 Å². The predicted molar refractivity (Wildman–Crippen MR) is 57.7 cm³/mol. The van der Waals surface area contributed by atoms with Crippen molar-refractivity contribution in [3.63, 3.8) is 0 Å². The van der Waals surface area contributed by atoms with Gasteiger partial charge in [0.2, 0.25) is 0 Å². The number of hydrogen-bond donors (Lipinski definition) is 0. The van der Waals surface area contributed by atoms with Crippen LogP contribution < -0.4 is 0 Å². The van der Waals surface area contributed by atoms with Crippen molar-refractivity contribution in [3.8, 4) is 0 Å². The quantitative estimate of drug-likeness (QED) is 0.530. The molecule has 1 aliphatic heterocycles. The minimum Gasteiger partial charge on any atom is -0.466 e. The van der Waals surface area contributed by atoms with Crippen LogP contribution in [0.25, 0.3) is 0 Å². The lowest BCUT2D eigenvalue weighted by atomic mass is 9.75. The number of methoxy groups -OCH3 is 1. The number of hydrogen-bond acceptors (Lipinski definition) is 4. The Morgan fingerprint density at radius 1 is 1.56 bits per heavy atom. The average Bonchev–Trinajstić information content (AvgIpc) is 2.53. The van der Waals surface area contributed by atoms with Crippen LogP contribution in [0.4, 0.5) is 0 Å². The molecule has 0 amide bonds. The molecule has 2 aliphatic rings. The first-order valence-corrected chi connectivity index (χ1v) is 5.62. The van der Waals surface area contributed by atoms with E-state index >= 15 is 0 Å². The molecule has 1 saturated heterocycles. The Bertz CT molecular complexity index is 319. The molecule has 4 heteroatoms. The van der Waals surface area contributed by atoms with E-state index in [9.17, 15) is 4.79 Å². The van der Waals surface area contributed by atoms with Gasteiger partial charge in [-0.05, 0) is 26.7 Å². The first-order chi connectivity index (χ1) is 7.52. The van der Waals surface area contributed by atoms with Gasteiger partial charge in [0.15, 0.2) is 5.79 Å². The van der Waals surface area contributed by atoms with Gasteiger partial charge in [-0.15, -0.1) is 0 Å². The molecule has 1 aliphatic carbocycles. The second kappa shape index (κ2) is 4.18. The van der Waals surface area contributed by atoms with E-state index in [0.717, 1.165) is 18.4 Å². The lowest BCUT2D eigenvalue weighted by molar-refractivity contribution is -0.144. The highest BCUT2D eigenvalue weighted by Gasteiger charge is 2.41. The first kappa shape index (κ1) is 11.6. The van der Waals surface area contributed by atoms with Crippen molar-refractivity contribution in [2.45, 2.75) is 38.6 Å². The zero-order chi connectivity index (χ0) is 11.8. The molecule has 0 bridgehead atoms. The van der Waals surface area contributed by atoms with Crippen LogP contribution in [-0.4, -0.2) is 31.6 Å². The highest BCUT2D eigenvalue weighted by molar-refractivity contribution is 5.83. The van der Waals surface area contributed by atoms with Crippen molar-refractivity contribution in [1.29, 1.82) is 0 Å². The molecule has 2 fully saturated rings. The smallest absolute Gasteiger partial charge is 0.330 e. The zero-order valence-electron chi connectivity index (χ0n) is 9.99. The maximum absolute atomic E-state index is 11.1. The van der Waals surface area contributed by atoms with E-state index in [4.69, 9.17) is 9.47 Å². The first-order valence-electron chi connectivity index (χ1n) is 5.62. The summed E-state index contributed by atoms with van der Waals surface area (Å²) in [5.41, 5.74) is 1.12. The van der Waals surface area contributed by atoms with Crippen LogP contribution in [0.3, 0.4) is 0 Å². The van der Waals surface area contributed by atoms with Gasteiger partial charge in [-0.3, -0.25) is 0 Å². The molecule has 0 aromatic heterocycles. The topological polar surface area (TPSA) is 44.8 Å². The fourth-order valence-electron chi connectivity index (χ4n) is 2.21. The zero-order valence-corrected chi connectivity index (χ0v) is 9.99. The molecule has 1 heterocycles. The van der Waals surface area contributed by atoms with Crippen molar-refractivity contribution in [3.05, 3.63) is 11.6 Å². The highest BCUT2D eigenvalue weighted by Crippen LogP contribution is 2.41. The maximum atomic E-state index is 11.1. The highest BCUT2D eigenvalue weighted by atomic mass is 16.7. The summed E-state index contributed by atoms with van der Waals surface area (Å²) in [5, 5.41) is 0. The summed E-state index contributed by atoms with van der Waals surface area (Å²) in [6.07, 6.45) is 3.69. The number of ether oxygens (including phenoxy) is 3. The maximum Gasteiger partial charge on any atom is 0.330 e. The summed E-state index contributed by atoms with van der Waals surface area (Å²) in [5.74, 6) is -0.449. The number of carbonyl (C=O) groups excluding carboxylic acids is 1. The lowest BCUT2D eigenvalue weighted by Crippen LogP contribution is -2.33. The Balaban J connectivity index is 1.97. The summed E-state index contributed by atoms with van der Waals surface area (Å²) in [7, 11) is 1.39. The Labute approximate surface area is 95.6 Å². The standard InChI is InChI=1S/C12H18O4/c1-12(2)15-7-10(16-12)9-5-4-8(9)6-11(13)14-3/h6,9-10H,4-5,7H2,1-3H3/b8-6+/t9-,10+/m0/s1. The van der Waals surface area contributed by atoms with Crippen LogP contribution in [0.1, 0.15) is 26.7 Å². The third-order valence-electron chi connectivity index (χ3n) is 3.20. The van der Waals surface area contributed by atoms with Crippen molar-refractivity contribution >= 4 is 5.97 Å². The Hall–Kier alpha value is -0.870. The van der Waals surface area contributed by atoms with Gasteiger partial charge in [-0.25, -0.2) is 4.79 Å². The average molecular weight is 226 g/mol. The summed E-state index contributed by atoms with van der Waals surface area (Å²) < 4.78 is 15.9. The monoisotopic (exact) mass is 226 g/mol. The van der Waals surface area contributed by atoms with Crippen LogP contribution in [0.2, 0.25) is 0 Å².